The molecule has 0 radical (unpaired) electrons. The number of furan rings is 1. The maximum absolute atomic E-state index is 12.3. The number of hydrogen-bond acceptors (Lipinski definition) is 6. The smallest absolute Gasteiger partial charge is 0.341 e. The molecule has 0 aliphatic heterocycles. The molecule has 9 heteroatoms. The van der Waals surface area contributed by atoms with Crippen LogP contribution in [0.15, 0.2) is 15.6 Å². The van der Waals surface area contributed by atoms with Crippen molar-refractivity contribution in [1.29, 1.82) is 0 Å². The zero-order chi connectivity index (χ0) is 17.4. The Morgan fingerprint density at radius 1 is 1.39 bits per heavy atom. The molecule has 2 aromatic rings. The third-order valence-electron chi connectivity index (χ3n) is 3.66. The molecule has 0 bridgehead atoms. The first kappa shape index (κ1) is 17.2. The van der Waals surface area contributed by atoms with E-state index in [1.54, 1.807) is 11.7 Å². The van der Waals surface area contributed by atoms with E-state index in [9.17, 15) is 13.2 Å². The van der Waals surface area contributed by atoms with Gasteiger partial charge in [0.2, 0.25) is 5.09 Å². The molecule has 2 rings (SSSR count). The van der Waals surface area contributed by atoms with Gasteiger partial charge in [-0.1, -0.05) is 0 Å². The zero-order valence-electron chi connectivity index (χ0n) is 13.6. The number of carbonyl (C=O) groups excluding carboxylic acids is 1. The number of ether oxygens (including phenoxy) is 1. The highest BCUT2D eigenvalue weighted by atomic mass is 32.2. The van der Waals surface area contributed by atoms with Crippen molar-refractivity contribution in [2.45, 2.75) is 32.4 Å². The largest absolute Gasteiger partial charge is 0.465 e. The molecule has 23 heavy (non-hydrogen) atoms. The predicted octanol–water partition coefficient (Wildman–Crippen LogP) is 1.20. The van der Waals surface area contributed by atoms with Crippen molar-refractivity contribution in [3.63, 3.8) is 0 Å². The molecule has 126 valence electrons. The molecule has 0 fully saturated rings. The Hall–Kier alpha value is -2.13. The van der Waals surface area contributed by atoms with Gasteiger partial charge in [0.05, 0.1) is 12.8 Å². The highest BCUT2D eigenvalue weighted by Gasteiger charge is 2.24. The van der Waals surface area contributed by atoms with Gasteiger partial charge < -0.3 is 9.15 Å². The average molecular weight is 341 g/mol. The number of nitrogens with one attached hydrogen (secondary N) is 1. The maximum Gasteiger partial charge on any atom is 0.341 e. The number of nitrogens with zero attached hydrogens (tertiary/aromatic N) is 2. The van der Waals surface area contributed by atoms with Crippen molar-refractivity contribution >= 4 is 16.0 Å². The third-order valence-corrected chi connectivity index (χ3v) is 4.92. The van der Waals surface area contributed by atoms with Crippen LogP contribution in [0.3, 0.4) is 0 Å². The maximum atomic E-state index is 12.3. The van der Waals surface area contributed by atoms with Crippen molar-refractivity contribution in [1.82, 2.24) is 14.5 Å². The highest BCUT2D eigenvalue weighted by molar-refractivity contribution is 7.89. The minimum absolute atomic E-state index is 0.0845. The van der Waals surface area contributed by atoms with Gasteiger partial charge in [0.25, 0.3) is 10.0 Å². The van der Waals surface area contributed by atoms with Gasteiger partial charge in [-0.2, -0.15) is 5.10 Å². The van der Waals surface area contributed by atoms with E-state index in [2.05, 4.69) is 14.6 Å². The van der Waals surface area contributed by atoms with Crippen LogP contribution in [0.4, 0.5) is 0 Å². The molecular weight excluding hydrogens is 322 g/mol. The Morgan fingerprint density at radius 3 is 2.57 bits per heavy atom. The number of rotatable bonds is 5. The molecule has 0 atom stereocenters. The number of carbonyl (C=O) groups is 1. The predicted molar refractivity (Wildman–Crippen MR) is 81.5 cm³/mol. The van der Waals surface area contributed by atoms with Crippen LogP contribution in [-0.4, -0.2) is 31.3 Å². The first-order chi connectivity index (χ1) is 10.7. The van der Waals surface area contributed by atoms with Crippen LogP contribution in [0.1, 0.15) is 33.1 Å². The molecule has 0 amide bonds. The van der Waals surface area contributed by atoms with E-state index in [1.807, 2.05) is 13.8 Å². The van der Waals surface area contributed by atoms with E-state index in [0.29, 0.717) is 0 Å². The Morgan fingerprint density at radius 2 is 2.04 bits per heavy atom. The molecule has 0 saturated heterocycles. The second-order valence-corrected chi connectivity index (χ2v) is 6.82. The number of aromatic nitrogens is 2. The number of hydrogen-bond donors (Lipinski definition) is 1. The summed E-state index contributed by atoms with van der Waals surface area (Å²) in [5.74, 6) is -0.461. The fraction of sp³-hybridized carbons (Fsp3) is 0.429. The minimum atomic E-state index is -3.89. The van der Waals surface area contributed by atoms with Crippen molar-refractivity contribution in [3.05, 3.63) is 34.3 Å². The Labute approximate surface area is 134 Å². The number of methoxy groups -OCH3 is 1. The molecule has 0 aliphatic rings. The fourth-order valence-electron chi connectivity index (χ4n) is 2.21. The van der Waals surface area contributed by atoms with Gasteiger partial charge in [-0.05, 0) is 20.8 Å². The first-order valence-electron chi connectivity index (χ1n) is 6.85. The van der Waals surface area contributed by atoms with E-state index >= 15 is 0 Å². The number of sulfonamides is 1. The van der Waals surface area contributed by atoms with Gasteiger partial charge in [0, 0.05) is 30.9 Å². The molecule has 0 saturated carbocycles. The summed E-state index contributed by atoms with van der Waals surface area (Å²) in [4.78, 5) is 11.5. The standard InChI is InChI=1S/C14H19N3O5S/c1-8-12(9(2)17(4)16-8)7-15-23(19,20)13-6-11(10(3)22-13)14(18)21-5/h6,15H,7H2,1-5H3. The molecule has 0 aromatic carbocycles. The third kappa shape index (κ3) is 3.30. The van der Waals surface area contributed by atoms with Gasteiger partial charge in [-0.15, -0.1) is 0 Å². The molecular formula is C14H19N3O5S. The van der Waals surface area contributed by atoms with Crippen LogP contribution < -0.4 is 4.72 Å². The van der Waals surface area contributed by atoms with Crippen LogP contribution in [0, 0.1) is 20.8 Å². The lowest BCUT2D eigenvalue weighted by Gasteiger charge is -2.05. The van der Waals surface area contributed by atoms with Crippen molar-refractivity contribution in [2.75, 3.05) is 7.11 Å². The van der Waals surface area contributed by atoms with Gasteiger partial charge in [-0.25, -0.2) is 17.9 Å². The number of aryl methyl sites for hydroxylation is 3. The molecule has 1 N–H and O–H groups in total. The van der Waals surface area contributed by atoms with Gasteiger partial charge in [-0.3, -0.25) is 4.68 Å². The summed E-state index contributed by atoms with van der Waals surface area (Å²) in [5.41, 5.74) is 2.50. The topological polar surface area (TPSA) is 103 Å². The second-order valence-electron chi connectivity index (χ2n) is 5.12. The van der Waals surface area contributed by atoms with Crippen molar-refractivity contribution < 1.29 is 22.4 Å². The van der Waals surface area contributed by atoms with E-state index in [1.165, 1.54) is 14.0 Å². The lowest BCUT2D eigenvalue weighted by molar-refractivity contribution is 0.0599. The molecule has 8 nitrogen and oxygen atoms in total. The van der Waals surface area contributed by atoms with Crippen LogP contribution in [-0.2, 0) is 28.4 Å². The van der Waals surface area contributed by atoms with Gasteiger partial charge in [0.15, 0.2) is 0 Å². The average Bonchev–Trinajstić information content (AvgIpc) is 2.98. The normalized spacial score (nSPS) is 11.7. The first-order valence-corrected chi connectivity index (χ1v) is 8.33. The second kappa shape index (κ2) is 6.17. The van der Waals surface area contributed by atoms with Crippen LogP contribution >= 0.6 is 0 Å². The summed E-state index contributed by atoms with van der Waals surface area (Å²) >= 11 is 0. The van der Waals surface area contributed by atoms with Crippen LogP contribution in [0.25, 0.3) is 0 Å². The van der Waals surface area contributed by atoms with Gasteiger partial charge in [0.1, 0.15) is 11.3 Å². The number of esters is 1. The quantitative estimate of drug-likeness (QED) is 0.820. The SMILES string of the molecule is COC(=O)c1cc(S(=O)(=O)NCc2c(C)nn(C)c2C)oc1C. The summed E-state index contributed by atoms with van der Waals surface area (Å²) < 4.78 is 38.6. The highest BCUT2D eigenvalue weighted by Crippen LogP contribution is 2.20. The summed E-state index contributed by atoms with van der Waals surface area (Å²) in [7, 11) is -0.880. The Bertz CT molecular complexity index is 848. The Balaban J connectivity index is 2.24. The lowest BCUT2D eigenvalue weighted by atomic mass is 10.2. The molecule has 0 aliphatic carbocycles. The van der Waals surface area contributed by atoms with Crippen LogP contribution in [0.5, 0.6) is 0 Å². The summed E-state index contributed by atoms with van der Waals surface area (Å²) in [6.45, 7) is 5.25. The monoisotopic (exact) mass is 341 g/mol. The van der Waals surface area contributed by atoms with Crippen molar-refractivity contribution in [3.8, 4) is 0 Å². The fourth-order valence-corrected chi connectivity index (χ4v) is 3.20. The molecule has 0 unspecified atom stereocenters. The summed E-state index contributed by atoms with van der Waals surface area (Å²) in [6.07, 6.45) is 0. The van der Waals surface area contributed by atoms with E-state index in [0.717, 1.165) is 23.0 Å². The van der Waals surface area contributed by atoms with E-state index < -0.39 is 16.0 Å². The van der Waals surface area contributed by atoms with Crippen molar-refractivity contribution in [2.24, 2.45) is 7.05 Å². The molecule has 2 heterocycles. The Kier molecular flexibility index (Phi) is 4.62. The summed E-state index contributed by atoms with van der Waals surface area (Å²) in [5, 5.41) is 3.91. The lowest BCUT2D eigenvalue weighted by Crippen LogP contribution is -2.23. The van der Waals surface area contributed by atoms with E-state index in [-0.39, 0.29) is 23.0 Å². The zero-order valence-corrected chi connectivity index (χ0v) is 14.4. The minimum Gasteiger partial charge on any atom is -0.465 e. The van der Waals surface area contributed by atoms with Gasteiger partial charge >= 0.3 is 5.97 Å². The molecule has 2 aromatic heterocycles. The van der Waals surface area contributed by atoms with E-state index in [4.69, 9.17) is 4.42 Å². The molecule has 0 spiro atoms. The summed E-state index contributed by atoms with van der Waals surface area (Å²) in [6, 6.07) is 1.16. The van der Waals surface area contributed by atoms with Crippen LogP contribution in [0.2, 0.25) is 0 Å².